The number of aliphatic carboxylic acids is 1. The van der Waals surface area contributed by atoms with Gasteiger partial charge in [0.2, 0.25) is 0 Å². The SMILES string of the molecule is Cc1ccccc1OC1=CC(=O)N([C@@H](CC(C)C)C(=O)O)C1. The molecule has 0 radical (unpaired) electrons. The minimum atomic E-state index is -0.979. The van der Waals surface area contributed by atoms with Crippen molar-refractivity contribution < 1.29 is 19.4 Å². The van der Waals surface area contributed by atoms with Gasteiger partial charge in [0.1, 0.15) is 17.6 Å². The van der Waals surface area contributed by atoms with Crippen molar-refractivity contribution in [2.24, 2.45) is 5.92 Å². The molecule has 0 bridgehead atoms. The molecule has 22 heavy (non-hydrogen) atoms. The molecule has 5 nitrogen and oxygen atoms in total. The molecule has 5 heteroatoms. The van der Waals surface area contributed by atoms with E-state index in [-0.39, 0.29) is 18.4 Å². The van der Waals surface area contributed by atoms with E-state index < -0.39 is 12.0 Å². The van der Waals surface area contributed by atoms with Gasteiger partial charge in [0.15, 0.2) is 0 Å². The highest BCUT2D eigenvalue weighted by atomic mass is 16.5. The molecule has 0 saturated carbocycles. The maximum Gasteiger partial charge on any atom is 0.326 e. The van der Waals surface area contributed by atoms with Crippen LogP contribution in [0.5, 0.6) is 5.75 Å². The topological polar surface area (TPSA) is 66.8 Å². The molecule has 1 aliphatic rings. The number of carbonyl (C=O) groups excluding carboxylic acids is 1. The highest BCUT2D eigenvalue weighted by Crippen LogP contribution is 2.24. The van der Waals surface area contributed by atoms with Crippen LogP contribution in [0.25, 0.3) is 0 Å². The lowest BCUT2D eigenvalue weighted by atomic mass is 10.0. The molecule has 1 atom stereocenters. The molecule has 0 fully saturated rings. The number of nitrogens with zero attached hydrogens (tertiary/aromatic N) is 1. The van der Waals surface area contributed by atoms with Gasteiger partial charge in [0, 0.05) is 6.08 Å². The molecule has 0 unspecified atom stereocenters. The average Bonchev–Trinajstić information content (AvgIpc) is 2.79. The second-order valence-corrected chi connectivity index (χ2v) is 5.93. The van der Waals surface area contributed by atoms with Crippen LogP contribution in [0.1, 0.15) is 25.8 Å². The average molecular weight is 303 g/mol. The number of carbonyl (C=O) groups is 2. The second-order valence-electron chi connectivity index (χ2n) is 5.93. The second kappa shape index (κ2) is 6.64. The molecule has 0 aromatic heterocycles. The quantitative estimate of drug-likeness (QED) is 0.877. The van der Waals surface area contributed by atoms with Gasteiger partial charge in [-0.15, -0.1) is 0 Å². The number of amides is 1. The van der Waals surface area contributed by atoms with E-state index in [2.05, 4.69) is 0 Å². The van der Waals surface area contributed by atoms with Gasteiger partial charge < -0.3 is 14.7 Å². The Labute approximate surface area is 130 Å². The number of carboxylic acid groups (broad SMARTS) is 1. The Hall–Kier alpha value is -2.30. The first-order chi connectivity index (χ1) is 10.4. The fraction of sp³-hybridized carbons (Fsp3) is 0.412. The maximum atomic E-state index is 12.1. The van der Waals surface area contributed by atoms with Crippen molar-refractivity contribution in [1.82, 2.24) is 4.90 Å². The molecule has 1 aliphatic heterocycles. The fourth-order valence-corrected chi connectivity index (χ4v) is 2.46. The van der Waals surface area contributed by atoms with Crippen molar-refractivity contribution in [3.05, 3.63) is 41.7 Å². The first kappa shape index (κ1) is 16.1. The lowest BCUT2D eigenvalue weighted by Crippen LogP contribution is -2.43. The third kappa shape index (κ3) is 3.67. The van der Waals surface area contributed by atoms with Gasteiger partial charge in [0.05, 0.1) is 6.54 Å². The molecular formula is C17H21NO4. The molecule has 1 amide bonds. The molecule has 118 valence electrons. The van der Waals surface area contributed by atoms with Crippen LogP contribution < -0.4 is 4.74 Å². The Kier molecular flexibility index (Phi) is 4.85. The van der Waals surface area contributed by atoms with Gasteiger partial charge in [-0.3, -0.25) is 4.79 Å². The Morgan fingerprint density at radius 2 is 2.05 bits per heavy atom. The number of carboxylic acids is 1. The smallest absolute Gasteiger partial charge is 0.326 e. The Morgan fingerprint density at radius 3 is 2.64 bits per heavy atom. The zero-order chi connectivity index (χ0) is 16.3. The van der Waals surface area contributed by atoms with E-state index in [0.717, 1.165) is 5.56 Å². The van der Waals surface area contributed by atoms with Crippen LogP contribution in [0, 0.1) is 12.8 Å². The van der Waals surface area contributed by atoms with Crippen molar-refractivity contribution >= 4 is 11.9 Å². The number of rotatable bonds is 6. The summed E-state index contributed by atoms with van der Waals surface area (Å²) in [6.45, 7) is 5.99. The highest BCUT2D eigenvalue weighted by molar-refractivity contribution is 5.94. The summed E-state index contributed by atoms with van der Waals surface area (Å²) in [4.78, 5) is 24.9. The molecule has 2 rings (SSSR count). The minimum absolute atomic E-state index is 0.190. The molecule has 0 saturated heterocycles. The summed E-state index contributed by atoms with van der Waals surface area (Å²) in [5.41, 5.74) is 0.964. The van der Waals surface area contributed by atoms with E-state index in [9.17, 15) is 14.7 Å². The zero-order valence-corrected chi connectivity index (χ0v) is 13.1. The third-order valence-electron chi connectivity index (χ3n) is 3.58. The predicted molar refractivity (Wildman–Crippen MR) is 82.5 cm³/mol. The van der Waals surface area contributed by atoms with Crippen LogP contribution in [-0.4, -0.2) is 34.5 Å². The summed E-state index contributed by atoms with van der Waals surface area (Å²) < 4.78 is 5.75. The summed E-state index contributed by atoms with van der Waals surface area (Å²) in [7, 11) is 0. The fourth-order valence-electron chi connectivity index (χ4n) is 2.46. The van der Waals surface area contributed by atoms with Crippen LogP contribution in [0.3, 0.4) is 0 Å². The van der Waals surface area contributed by atoms with Crippen molar-refractivity contribution in [2.45, 2.75) is 33.2 Å². The van der Waals surface area contributed by atoms with E-state index in [0.29, 0.717) is 17.9 Å². The van der Waals surface area contributed by atoms with Crippen LogP contribution in [0.4, 0.5) is 0 Å². The Morgan fingerprint density at radius 1 is 1.36 bits per heavy atom. The lowest BCUT2D eigenvalue weighted by molar-refractivity contribution is -0.148. The summed E-state index contributed by atoms with van der Waals surface area (Å²) >= 11 is 0. The van der Waals surface area contributed by atoms with Crippen molar-refractivity contribution in [1.29, 1.82) is 0 Å². The number of ether oxygens (including phenoxy) is 1. The minimum Gasteiger partial charge on any atom is -0.480 e. The summed E-state index contributed by atoms with van der Waals surface area (Å²) in [5, 5.41) is 9.36. The van der Waals surface area contributed by atoms with Crippen molar-refractivity contribution in [2.75, 3.05) is 6.54 Å². The number of hydrogen-bond acceptors (Lipinski definition) is 3. The first-order valence-corrected chi connectivity index (χ1v) is 7.36. The van der Waals surface area contributed by atoms with Crippen LogP contribution in [0.15, 0.2) is 36.1 Å². The number of hydrogen-bond donors (Lipinski definition) is 1. The van der Waals surface area contributed by atoms with Crippen LogP contribution in [0.2, 0.25) is 0 Å². The molecule has 1 aromatic rings. The highest BCUT2D eigenvalue weighted by Gasteiger charge is 2.34. The largest absolute Gasteiger partial charge is 0.480 e. The summed E-state index contributed by atoms with van der Waals surface area (Å²) in [6, 6.07) is 6.69. The normalized spacial score (nSPS) is 15.9. The van der Waals surface area contributed by atoms with Gasteiger partial charge >= 0.3 is 5.97 Å². The molecule has 0 aliphatic carbocycles. The third-order valence-corrected chi connectivity index (χ3v) is 3.58. The first-order valence-electron chi connectivity index (χ1n) is 7.36. The van der Waals surface area contributed by atoms with Crippen molar-refractivity contribution in [3.63, 3.8) is 0 Å². The van der Waals surface area contributed by atoms with Crippen LogP contribution >= 0.6 is 0 Å². The van der Waals surface area contributed by atoms with E-state index in [1.165, 1.54) is 11.0 Å². The molecule has 1 heterocycles. The van der Waals surface area contributed by atoms with E-state index in [1.54, 1.807) is 0 Å². The number of aryl methyl sites for hydroxylation is 1. The van der Waals surface area contributed by atoms with E-state index in [4.69, 9.17) is 4.74 Å². The lowest BCUT2D eigenvalue weighted by Gasteiger charge is -2.25. The van der Waals surface area contributed by atoms with Crippen LogP contribution in [-0.2, 0) is 9.59 Å². The predicted octanol–water partition coefficient (Wildman–Crippen LogP) is 2.60. The van der Waals surface area contributed by atoms with Gasteiger partial charge in [-0.2, -0.15) is 0 Å². The molecule has 1 N–H and O–H groups in total. The van der Waals surface area contributed by atoms with Gasteiger partial charge in [-0.1, -0.05) is 32.0 Å². The standard InChI is InChI=1S/C17H21NO4/c1-11(2)8-14(17(20)21)18-10-13(9-16(18)19)22-15-7-5-4-6-12(15)3/h4-7,9,11,14H,8,10H2,1-3H3,(H,20,21)/t14-/m0/s1. The monoisotopic (exact) mass is 303 g/mol. The van der Waals surface area contributed by atoms with E-state index >= 15 is 0 Å². The molecular weight excluding hydrogens is 282 g/mol. The van der Waals surface area contributed by atoms with Gasteiger partial charge in [-0.25, -0.2) is 4.79 Å². The van der Waals surface area contributed by atoms with Crippen molar-refractivity contribution in [3.8, 4) is 5.75 Å². The summed E-state index contributed by atoms with van der Waals surface area (Å²) in [5.74, 6) is 0.0629. The zero-order valence-electron chi connectivity index (χ0n) is 13.1. The molecule has 0 spiro atoms. The molecule has 1 aromatic carbocycles. The van der Waals surface area contributed by atoms with Gasteiger partial charge in [0.25, 0.3) is 5.91 Å². The Bertz CT molecular complexity index is 606. The number of benzene rings is 1. The maximum absolute atomic E-state index is 12.1. The summed E-state index contributed by atoms with van der Waals surface area (Å²) in [6.07, 6.45) is 1.80. The number of para-hydroxylation sites is 1. The van der Waals surface area contributed by atoms with E-state index in [1.807, 2.05) is 45.0 Å². The Balaban J connectivity index is 2.10. The van der Waals surface area contributed by atoms with Gasteiger partial charge in [-0.05, 0) is 30.9 Å².